The van der Waals surface area contributed by atoms with Gasteiger partial charge in [0.1, 0.15) is 0 Å². The molecule has 7 heteroatoms. The van der Waals surface area contributed by atoms with Crippen molar-refractivity contribution in [3.05, 3.63) is 214 Å². The molecule has 0 N–H and O–H groups in total. The van der Waals surface area contributed by atoms with Crippen LogP contribution >= 0.6 is 0 Å². The molecule has 0 radical (unpaired) electrons. The molecule has 0 aliphatic rings. The molecule has 0 saturated heterocycles. The SMILES string of the molecule is Cc1cc(-n2c3ccccc3c3ccc(Oc4cccc(-n5[c](=[Pt])n(-c6c(-c7cc(C(C)(C)C)cc(C(C)(C)C)c7)cccc6-c6cc(C(C)(C)C)cc(C(C)(C)C)c6)c6ccccc65)c4)cc32)ncc1-c1ccccn1. The van der Waals surface area contributed by atoms with Crippen molar-refractivity contribution in [3.63, 3.8) is 0 Å². The number of para-hydroxylation sites is 4. The zero-order chi connectivity index (χ0) is 54.3. The van der Waals surface area contributed by atoms with Crippen LogP contribution in [-0.4, -0.2) is 23.7 Å². The van der Waals surface area contributed by atoms with Crippen LogP contribution in [0, 0.1) is 10.7 Å². The Balaban J connectivity index is 1.08. The van der Waals surface area contributed by atoms with E-state index >= 15 is 0 Å². The van der Waals surface area contributed by atoms with E-state index in [1.54, 1.807) is 0 Å². The first kappa shape index (κ1) is 51.7. The molecular formula is C70H69N5OPt. The smallest absolute Gasteiger partial charge is 0.256 e. The van der Waals surface area contributed by atoms with Crippen LogP contribution in [0.4, 0.5) is 0 Å². The third-order valence-corrected chi connectivity index (χ3v) is 16.2. The van der Waals surface area contributed by atoms with E-state index < -0.39 is 0 Å². The number of hydrogen-bond donors (Lipinski definition) is 0. The summed E-state index contributed by atoms with van der Waals surface area (Å²) in [6.07, 6.45) is 3.77. The minimum absolute atomic E-state index is 0.0606. The van der Waals surface area contributed by atoms with E-state index in [2.05, 4.69) is 280 Å². The van der Waals surface area contributed by atoms with Gasteiger partial charge >= 0.3 is 397 Å². The first-order valence-electron chi connectivity index (χ1n) is 26.9. The summed E-state index contributed by atoms with van der Waals surface area (Å²) in [5.41, 5.74) is 19.3. The Morgan fingerprint density at radius 1 is 0.416 bits per heavy atom. The summed E-state index contributed by atoms with van der Waals surface area (Å²) < 4.78 is 15.1. The van der Waals surface area contributed by atoms with Crippen molar-refractivity contribution < 1.29 is 24.1 Å². The van der Waals surface area contributed by atoms with E-state index in [-0.39, 0.29) is 21.7 Å². The van der Waals surface area contributed by atoms with E-state index in [0.29, 0.717) is 0 Å². The van der Waals surface area contributed by atoms with Gasteiger partial charge in [-0.3, -0.25) is 4.98 Å². The second-order valence-electron chi connectivity index (χ2n) is 24.9. The Bertz CT molecular complexity index is 3990. The number of benzene rings is 7. The number of aromatic nitrogens is 5. The number of hydrogen-bond acceptors (Lipinski definition) is 3. The molecule has 11 rings (SSSR count). The molecule has 0 amide bonds. The number of pyridine rings is 2. The molecular weight excluding hydrogens is 1120 g/mol. The van der Waals surface area contributed by atoms with Gasteiger partial charge in [0, 0.05) is 18.0 Å². The van der Waals surface area contributed by atoms with Gasteiger partial charge in [0.25, 0.3) is 0 Å². The maximum atomic E-state index is 6.92. The number of aryl methyl sites for hydroxylation is 1. The number of imidazole rings is 1. The molecule has 0 bridgehead atoms. The molecule has 11 aromatic rings. The number of ether oxygens (including phenoxy) is 1. The van der Waals surface area contributed by atoms with Gasteiger partial charge in [-0.1, -0.05) is 18.2 Å². The average molecular weight is 1190 g/mol. The maximum absolute atomic E-state index is 6.92. The first-order chi connectivity index (χ1) is 36.5. The third kappa shape index (κ3) is 9.76. The van der Waals surface area contributed by atoms with E-state index in [4.69, 9.17) is 9.72 Å². The number of fused-ring (bicyclic) bond motifs is 4. The van der Waals surface area contributed by atoms with Gasteiger partial charge < -0.3 is 0 Å². The van der Waals surface area contributed by atoms with Crippen molar-refractivity contribution in [2.75, 3.05) is 0 Å². The van der Waals surface area contributed by atoms with E-state index in [1.807, 2.05) is 30.6 Å². The summed E-state index contributed by atoms with van der Waals surface area (Å²) in [5.74, 6) is 2.32. The predicted molar refractivity (Wildman–Crippen MR) is 318 cm³/mol. The Morgan fingerprint density at radius 2 is 0.935 bits per heavy atom. The molecule has 0 unspecified atom stereocenters. The molecule has 77 heavy (non-hydrogen) atoms. The zero-order valence-electron chi connectivity index (χ0n) is 46.8. The predicted octanol–water partition coefficient (Wildman–Crippen LogP) is 18.7. The summed E-state index contributed by atoms with van der Waals surface area (Å²) in [6.45, 7) is 30.0. The van der Waals surface area contributed by atoms with Crippen LogP contribution in [-0.2, 0) is 41.0 Å². The van der Waals surface area contributed by atoms with Crippen LogP contribution < -0.4 is 4.74 Å². The Morgan fingerprint density at radius 3 is 1.49 bits per heavy atom. The molecule has 0 saturated carbocycles. The summed E-state index contributed by atoms with van der Waals surface area (Å²) in [5, 5.41) is 2.29. The summed E-state index contributed by atoms with van der Waals surface area (Å²) in [7, 11) is 0. The normalized spacial score (nSPS) is 12.6. The van der Waals surface area contributed by atoms with Crippen LogP contribution in [0.25, 0.3) is 83.5 Å². The van der Waals surface area contributed by atoms with Crippen molar-refractivity contribution in [2.24, 2.45) is 0 Å². The monoisotopic (exact) mass is 1190 g/mol. The van der Waals surface area contributed by atoms with Crippen LogP contribution in [0.1, 0.15) is 111 Å². The molecule has 0 atom stereocenters. The fraction of sp³-hybridized carbons (Fsp3) is 0.243. The summed E-state index contributed by atoms with van der Waals surface area (Å²) >= 11 is 2.57. The van der Waals surface area contributed by atoms with Gasteiger partial charge in [-0.05, 0) is 24.6 Å². The fourth-order valence-electron chi connectivity index (χ4n) is 10.7. The van der Waals surface area contributed by atoms with Crippen molar-refractivity contribution in [3.8, 4) is 62.2 Å². The minimum Gasteiger partial charge on any atom is -0.256 e. The quantitative estimate of drug-likeness (QED) is 0.152. The van der Waals surface area contributed by atoms with Crippen LogP contribution in [0.15, 0.2) is 182 Å². The average Bonchev–Trinajstić information content (AvgIpc) is 3.95. The Labute approximate surface area is 465 Å². The summed E-state index contributed by atoms with van der Waals surface area (Å²) in [4.78, 5) is 9.66. The molecule has 0 spiro atoms. The molecule has 4 heterocycles. The van der Waals surface area contributed by atoms with Crippen molar-refractivity contribution in [2.45, 2.75) is 112 Å². The van der Waals surface area contributed by atoms with Crippen molar-refractivity contribution in [1.82, 2.24) is 23.7 Å². The van der Waals surface area contributed by atoms with Gasteiger partial charge in [-0.2, -0.15) is 0 Å². The molecule has 7 aromatic carbocycles. The van der Waals surface area contributed by atoms with Crippen molar-refractivity contribution in [1.29, 1.82) is 0 Å². The minimum atomic E-state index is -0.0606. The van der Waals surface area contributed by atoms with Gasteiger partial charge in [0.05, 0.1) is 5.69 Å². The Kier molecular flexibility index (Phi) is 12.9. The first-order valence-corrected chi connectivity index (χ1v) is 28.0. The standard InChI is InChI=1S/C70H69N5O.Pt/c1-45-34-65(72-43-59(45)60-27-18-19-33-71-60)75-61-28-15-14-24-57(61)58-32-31-54(42-64(58)75)76-53-23-20-22-52(41-53)73-44-74(63-30-17-16-29-62(63)73)66-55(46-35-48(67(2,3)4)39-49(36-46)68(5,6)7)25-21-26-56(66)47-37-50(69(8,9)10)40-51(38-47)70(11,12)13;/h14-43H,1-13H3;. The van der Waals surface area contributed by atoms with Crippen molar-refractivity contribution >= 4 is 32.8 Å². The Hall–Kier alpha value is -7.40. The molecule has 6 nitrogen and oxygen atoms in total. The number of rotatable bonds is 8. The molecule has 4 aromatic heterocycles. The molecule has 0 aliphatic heterocycles. The van der Waals surface area contributed by atoms with Gasteiger partial charge in [0.2, 0.25) is 0 Å². The third-order valence-electron chi connectivity index (χ3n) is 15.1. The molecule has 0 fully saturated rings. The van der Waals surface area contributed by atoms with Crippen LogP contribution in [0.3, 0.4) is 0 Å². The van der Waals surface area contributed by atoms with Crippen LogP contribution in [0.5, 0.6) is 11.5 Å². The molecule has 390 valence electrons. The van der Waals surface area contributed by atoms with Gasteiger partial charge in [-0.25, -0.2) is 0 Å². The van der Waals surface area contributed by atoms with E-state index in [0.717, 1.165) is 82.2 Å². The van der Waals surface area contributed by atoms with E-state index in [1.165, 1.54) is 44.5 Å². The topological polar surface area (TPSA) is 49.8 Å². The second kappa shape index (κ2) is 19.3. The van der Waals surface area contributed by atoms with E-state index in [9.17, 15) is 0 Å². The van der Waals surface area contributed by atoms with Crippen LogP contribution in [0.2, 0.25) is 0 Å². The fourth-order valence-corrected chi connectivity index (χ4v) is 11.7. The zero-order valence-corrected chi connectivity index (χ0v) is 49.1. The van der Waals surface area contributed by atoms with Gasteiger partial charge in [0.15, 0.2) is 0 Å². The molecule has 0 aliphatic carbocycles. The summed E-state index contributed by atoms with van der Waals surface area (Å²) in [6, 6.07) is 61.9. The number of nitrogens with zero attached hydrogens (tertiary/aromatic N) is 5. The van der Waals surface area contributed by atoms with Gasteiger partial charge in [-0.15, -0.1) is 0 Å². The second-order valence-corrected chi connectivity index (χ2v) is 25.9.